The van der Waals surface area contributed by atoms with Crippen molar-refractivity contribution >= 4 is 17.1 Å². The van der Waals surface area contributed by atoms with Gasteiger partial charge >= 0.3 is 17.9 Å². The van der Waals surface area contributed by atoms with Crippen LogP contribution < -0.4 is 11.1 Å². The maximum Gasteiger partial charge on any atom is 0.490 e. The van der Waals surface area contributed by atoms with Gasteiger partial charge in [0.15, 0.2) is 5.58 Å². The molecule has 2 heterocycles. The molecule has 2 N–H and O–H groups in total. The molecule has 0 saturated heterocycles. The van der Waals surface area contributed by atoms with Crippen molar-refractivity contribution in [3.05, 3.63) is 64.7 Å². The van der Waals surface area contributed by atoms with Crippen LogP contribution in [0.2, 0.25) is 0 Å². The van der Waals surface area contributed by atoms with Crippen LogP contribution in [0, 0.1) is 5.82 Å². The van der Waals surface area contributed by atoms with Gasteiger partial charge in [0.2, 0.25) is 0 Å². The number of pyridine rings is 1. The van der Waals surface area contributed by atoms with Crippen molar-refractivity contribution < 1.29 is 31.9 Å². The lowest BCUT2D eigenvalue weighted by molar-refractivity contribution is -0.192. The first-order chi connectivity index (χ1) is 13.6. The Bertz CT molecular complexity index is 1010. The van der Waals surface area contributed by atoms with Crippen molar-refractivity contribution in [2.24, 2.45) is 0 Å². The van der Waals surface area contributed by atoms with Crippen molar-refractivity contribution in [3.8, 4) is 0 Å². The maximum absolute atomic E-state index is 12.8. The van der Waals surface area contributed by atoms with Crippen LogP contribution in [0.3, 0.4) is 0 Å². The van der Waals surface area contributed by atoms with E-state index in [1.165, 1.54) is 12.3 Å². The van der Waals surface area contributed by atoms with Crippen molar-refractivity contribution in [1.29, 1.82) is 0 Å². The van der Waals surface area contributed by atoms with E-state index in [1.807, 2.05) is 25.1 Å². The van der Waals surface area contributed by atoms with Gasteiger partial charge in [-0.25, -0.2) is 14.0 Å². The van der Waals surface area contributed by atoms with E-state index in [4.69, 9.17) is 14.3 Å². The molecule has 0 aliphatic rings. The van der Waals surface area contributed by atoms with Crippen molar-refractivity contribution in [2.75, 3.05) is 6.54 Å². The molecule has 3 aromatic rings. The summed E-state index contributed by atoms with van der Waals surface area (Å²) in [4.78, 5) is 24.8. The van der Waals surface area contributed by atoms with E-state index in [0.717, 1.165) is 11.2 Å². The number of carboxylic acids is 1. The molecule has 11 heteroatoms. The lowest BCUT2D eigenvalue weighted by Crippen LogP contribution is -2.27. The SMILES string of the molecule is C[C@@H](NCCn1c(=O)oc2ccccc21)c1ccc(F)cn1.O=C(O)C(F)(F)F. The monoisotopic (exact) mass is 415 g/mol. The average Bonchev–Trinajstić information content (AvgIpc) is 2.97. The summed E-state index contributed by atoms with van der Waals surface area (Å²) in [6.07, 6.45) is -3.89. The van der Waals surface area contributed by atoms with E-state index >= 15 is 0 Å². The average molecular weight is 415 g/mol. The van der Waals surface area contributed by atoms with Gasteiger partial charge in [-0.05, 0) is 31.2 Å². The molecule has 1 aromatic carbocycles. The molecule has 7 nitrogen and oxygen atoms in total. The Hall–Kier alpha value is -3.21. The molecular weight excluding hydrogens is 398 g/mol. The summed E-state index contributed by atoms with van der Waals surface area (Å²) in [5.41, 5.74) is 2.12. The Kier molecular flexibility index (Phi) is 7.10. The largest absolute Gasteiger partial charge is 0.490 e. The molecule has 0 aliphatic heterocycles. The van der Waals surface area contributed by atoms with E-state index in [-0.39, 0.29) is 17.6 Å². The third-order valence-electron chi connectivity index (χ3n) is 3.80. The van der Waals surface area contributed by atoms with E-state index in [1.54, 1.807) is 16.7 Å². The van der Waals surface area contributed by atoms with E-state index < -0.39 is 12.1 Å². The molecular formula is C18H17F4N3O4. The zero-order valence-electron chi connectivity index (χ0n) is 15.1. The van der Waals surface area contributed by atoms with E-state index in [9.17, 15) is 22.4 Å². The molecule has 0 amide bonds. The number of aliphatic carboxylic acids is 1. The molecule has 0 saturated carbocycles. The number of alkyl halides is 3. The third-order valence-corrected chi connectivity index (χ3v) is 3.80. The first-order valence-corrected chi connectivity index (χ1v) is 8.33. The molecule has 0 radical (unpaired) electrons. The van der Waals surface area contributed by atoms with Gasteiger partial charge in [0.25, 0.3) is 0 Å². The molecule has 0 fully saturated rings. The summed E-state index contributed by atoms with van der Waals surface area (Å²) in [5, 5.41) is 10.4. The van der Waals surface area contributed by atoms with Crippen LogP contribution in [0.25, 0.3) is 11.1 Å². The molecule has 156 valence electrons. The Morgan fingerprint density at radius 1 is 1.28 bits per heavy atom. The summed E-state index contributed by atoms with van der Waals surface area (Å²) < 4.78 is 51.4. The van der Waals surface area contributed by atoms with E-state index in [2.05, 4.69) is 10.3 Å². The van der Waals surface area contributed by atoms with Crippen molar-refractivity contribution in [2.45, 2.75) is 25.7 Å². The number of nitrogens with one attached hydrogen (secondary N) is 1. The van der Waals surface area contributed by atoms with Gasteiger partial charge in [-0.1, -0.05) is 12.1 Å². The number of para-hydroxylation sites is 2. The van der Waals surface area contributed by atoms with Gasteiger partial charge in [0.05, 0.1) is 17.4 Å². The number of hydrogen-bond acceptors (Lipinski definition) is 5. The molecule has 3 rings (SSSR count). The number of fused-ring (bicyclic) bond motifs is 1. The maximum atomic E-state index is 12.8. The molecule has 0 aliphatic carbocycles. The second-order valence-electron chi connectivity index (χ2n) is 5.87. The zero-order valence-corrected chi connectivity index (χ0v) is 15.1. The predicted molar refractivity (Wildman–Crippen MR) is 94.8 cm³/mol. The normalized spacial score (nSPS) is 12.3. The summed E-state index contributed by atoms with van der Waals surface area (Å²) >= 11 is 0. The Balaban J connectivity index is 0.000000370. The summed E-state index contributed by atoms with van der Waals surface area (Å²) in [5.74, 6) is -3.48. The molecule has 0 unspecified atom stereocenters. The quantitative estimate of drug-likeness (QED) is 0.622. The highest BCUT2D eigenvalue weighted by Gasteiger charge is 2.38. The van der Waals surface area contributed by atoms with Gasteiger partial charge < -0.3 is 14.8 Å². The molecule has 1 atom stereocenters. The molecule has 0 spiro atoms. The molecule has 2 aromatic heterocycles. The minimum absolute atomic E-state index is 0.0329. The lowest BCUT2D eigenvalue weighted by atomic mass is 10.2. The number of nitrogens with zero attached hydrogens (tertiary/aromatic N) is 2. The fourth-order valence-electron chi connectivity index (χ4n) is 2.37. The van der Waals surface area contributed by atoms with Crippen LogP contribution in [0.1, 0.15) is 18.7 Å². The van der Waals surface area contributed by atoms with Crippen LogP contribution in [-0.2, 0) is 11.3 Å². The first kappa shape index (κ1) is 22.1. The summed E-state index contributed by atoms with van der Waals surface area (Å²) in [6.45, 7) is 3.00. The van der Waals surface area contributed by atoms with E-state index in [0.29, 0.717) is 18.7 Å². The highest BCUT2D eigenvalue weighted by molar-refractivity contribution is 5.73. The number of carbonyl (C=O) groups is 1. The second-order valence-corrected chi connectivity index (χ2v) is 5.87. The lowest BCUT2D eigenvalue weighted by Gasteiger charge is -2.13. The van der Waals surface area contributed by atoms with Gasteiger partial charge in [-0.2, -0.15) is 13.2 Å². The summed E-state index contributed by atoms with van der Waals surface area (Å²) in [7, 11) is 0. The smallest absolute Gasteiger partial charge is 0.475 e. The Morgan fingerprint density at radius 2 is 1.93 bits per heavy atom. The number of halogens is 4. The van der Waals surface area contributed by atoms with Crippen LogP contribution in [-0.4, -0.2) is 33.3 Å². The van der Waals surface area contributed by atoms with Gasteiger partial charge in [-0.3, -0.25) is 9.55 Å². The van der Waals surface area contributed by atoms with Gasteiger partial charge in [-0.15, -0.1) is 0 Å². The Morgan fingerprint density at radius 3 is 2.52 bits per heavy atom. The van der Waals surface area contributed by atoms with Crippen molar-refractivity contribution in [3.63, 3.8) is 0 Å². The number of carboxylic acid groups (broad SMARTS) is 1. The number of rotatable bonds is 5. The standard InChI is InChI=1S/C16H16FN3O2.C2HF3O2/c1-11(13-7-6-12(17)10-19-13)18-8-9-20-14-4-2-3-5-15(14)22-16(20)21;3-2(4,5)1(6)7/h2-7,10-11,18H,8-9H2,1H3;(H,6,7)/t11-;/m1./s1. The number of aromatic nitrogens is 2. The minimum Gasteiger partial charge on any atom is -0.475 e. The van der Waals surface area contributed by atoms with Gasteiger partial charge in [0.1, 0.15) is 5.82 Å². The van der Waals surface area contributed by atoms with Crippen LogP contribution >= 0.6 is 0 Å². The number of hydrogen-bond donors (Lipinski definition) is 2. The summed E-state index contributed by atoms with van der Waals surface area (Å²) in [6, 6.07) is 10.3. The predicted octanol–water partition coefficient (Wildman–Crippen LogP) is 3.11. The van der Waals surface area contributed by atoms with Crippen LogP contribution in [0.15, 0.2) is 51.8 Å². The molecule has 0 bridgehead atoms. The van der Waals surface area contributed by atoms with Gasteiger partial charge in [0, 0.05) is 19.1 Å². The number of benzene rings is 1. The highest BCUT2D eigenvalue weighted by Crippen LogP contribution is 2.13. The topological polar surface area (TPSA) is 97.4 Å². The Labute approximate surface area is 161 Å². The van der Waals surface area contributed by atoms with Crippen LogP contribution in [0.4, 0.5) is 17.6 Å². The minimum atomic E-state index is -5.08. The molecule has 29 heavy (non-hydrogen) atoms. The van der Waals surface area contributed by atoms with Crippen molar-refractivity contribution in [1.82, 2.24) is 14.9 Å². The first-order valence-electron chi connectivity index (χ1n) is 8.33. The fraction of sp³-hybridized carbons (Fsp3) is 0.278. The fourth-order valence-corrected chi connectivity index (χ4v) is 2.37. The third kappa shape index (κ3) is 6.14. The highest BCUT2D eigenvalue weighted by atomic mass is 19.4. The second kappa shape index (κ2) is 9.32. The van der Waals surface area contributed by atoms with Crippen LogP contribution in [0.5, 0.6) is 0 Å². The zero-order chi connectivity index (χ0) is 21.6. The number of oxazole rings is 1.